The van der Waals surface area contributed by atoms with Gasteiger partial charge in [0.2, 0.25) is 11.8 Å². The van der Waals surface area contributed by atoms with Gasteiger partial charge in [-0.05, 0) is 54.1 Å². The van der Waals surface area contributed by atoms with Crippen LogP contribution in [0.3, 0.4) is 0 Å². The van der Waals surface area contributed by atoms with Crippen LogP contribution in [0.2, 0.25) is 15.1 Å². The molecule has 0 atom stereocenters. The highest BCUT2D eigenvalue weighted by atomic mass is 35.5. The van der Waals surface area contributed by atoms with E-state index in [1.807, 2.05) is 30.3 Å². The summed E-state index contributed by atoms with van der Waals surface area (Å²) in [6.07, 6.45) is 0. The van der Waals surface area contributed by atoms with E-state index in [-0.39, 0.29) is 11.6 Å². The third-order valence-electron chi connectivity index (χ3n) is 5.50. The van der Waals surface area contributed by atoms with Gasteiger partial charge in [-0.15, -0.1) is 0 Å². The first-order valence-electron chi connectivity index (χ1n) is 10.8. The number of aromatic hydroxyl groups is 1. The number of carbonyl (C=O) groups is 1. The van der Waals surface area contributed by atoms with Crippen LogP contribution in [0.1, 0.15) is 10.4 Å². The third kappa shape index (κ3) is 4.69. The van der Waals surface area contributed by atoms with Crippen LogP contribution in [-0.4, -0.2) is 16.0 Å². The summed E-state index contributed by atoms with van der Waals surface area (Å²) in [5.41, 5.74) is 2.74. The summed E-state index contributed by atoms with van der Waals surface area (Å²) in [5.74, 6) is -0.137. The lowest BCUT2D eigenvalue weighted by molar-refractivity contribution is 0.102. The summed E-state index contributed by atoms with van der Waals surface area (Å²) < 4.78 is 6.02. The highest BCUT2D eigenvalue weighted by Gasteiger charge is 2.24. The Morgan fingerprint density at radius 1 is 0.806 bits per heavy atom. The Bertz CT molecular complexity index is 1560. The summed E-state index contributed by atoms with van der Waals surface area (Å²) in [6, 6.07) is 26.0. The Morgan fingerprint density at radius 2 is 1.50 bits per heavy atom. The van der Waals surface area contributed by atoms with E-state index in [9.17, 15) is 9.90 Å². The maximum Gasteiger partial charge on any atom is 0.258 e. The SMILES string of the molecule is O=C(Nc1oc(-c2ccccc2)nc1-c1c(Cl)cccc1Cl)c1ccccc1-c1ccc(Cl)cc1O. The van der Waals surface area contributed by atoms with Crippen LogP contribution in [0, 0.1) is 0 Å². The van der Waals surface area contributed by atoms with Crippen LogP contribution in [0.15, 0.2) is 95.4 Å². The van der Waals surface area contributed by atoms with Gasteiger partial charge in [0.1, 0.15) is 11.4 Å². The topological polar surface area (TPSA) is 75.4 Å². The van der Waals surface area contributed by atoms with Crippen LogP contribution in [0.25, 0.3) is 33.8 Å². The fourth-order valence-electron chi connectivity index (χ4n) is 3.82. The van der Waals surface area contributed by atoms with Gasteiger partial charge in [0.15, 0.2) is 0 Å². The summed E-state index contributed by atoms with van der Waals surface area (Å²) in [5, 5.41) is 14.4. The number of benzene rings is 4. The summed E-state index contributed by atoms with van der Waals surface area (Å²) in [7, 11) is 0. The van der Waals surface area contributed by atoms with Crippen LogP contribution in [-0.2, 0) is 0 Å². The molecule has 0 aliphatic rings. The molecule has 0 unspecified atom stereocenters. The van der Waals surface area contributed by atoms with E-state index in [2.05, 4.69) is 10.3 Å². The normalized spacial score (nSPS) is 10.9. The Labute approximate surface area is 221 Å². The van der Waals surface area contributed by atoms with Crippen LogP contribution < -0.4 is 5.32 Å². The number of oxazole rings is 1. The first-order chi connectivity index (χ1) is 17.4. The molecule has 0 bridgehead atoms. The molecule has 0 fully saturated rings. The molecule has 1 amide bonds. The Kier molecular flexibility index (Phi) is 6.70. The lowest BCUT2D eigenvalue weighted by Gasteiger charge is -2.12. The lowest BCUT2D eigenvalue weighted by Crippen LogP contribution is -2.13. The van der Waals surface area contributed by atoms with Crippen LogP contribution >= 0.6 is 34.8 Å². The van der Waals surface area contributed by atoms with Gasteiger partial charge in [-0.3, -0.25) is 10.1 Å². The zero-order valence-corrected chi connectivity index (χ0v) is 20.8. The van der Waals surface area contributed by atoms with Gasteiger partial charge in [-0.2, -0.15) is 0 Å². The molecule has 178 valence electrons. The van der Waals surface area contributed by atoms with Crippen LogP contribution in [0.5, 0.6) is 5.75 Å². The second kappa shape index (κ2) is 10.1. The van der Waals surface area contributed by atoms with Crippen molar-refractivity contribution in [2.45, 2.75) is 0 Å². The van der Waals surface area contributed by atoms with Crippen molar-refractivity contribution in [3.8, 4) is 39.6 Å². The van der Waals surface area contributed by atoms with E-state index in [1.165, 1.54) is 6.07 Å². The molecule has 4 aromatic carbocycles. The number of aromatic nitrogens is 1. The average Bonchev–Trinajstić information content (AvgIpc) is 3.28. The van der Waals surface area contributed by atoms with Crippen molar-refractivity contribution in [3.63, 3.8) is 0 Å². The monoisotopic (exact) mass is 534 g/mol. The highest BCUT2D eigenvalue weighted by Crippen LogP contribution is 2.41. The van der Waals surface area contributed by atoms with Gasteiger partial charge >= 0.3 is 0 Å². The number of nitrogens with one attached hydrogen (secondary N) is 1. The average molecular weight is 536 g/mol. The standard InChI is InChI=1S/C28H17Cl3N2O3/c29-17-13-14-19(23(34)15-17)18-9-4-5-10-20(18)26(35)33-28-25(24-21(30)11-6-12-22(24)31)32-27(36-28)16-7-2-1-3-8-16/h1-15,34H,(H,33,35). The predicted molar refractivity (Wildman–Crippen MR) is 144 cm³/mol. The molecule has 1 heterocycles. The molecule has 0 saturated carbocycles. The van der Waals surface area contributed by atoms with Crippen LogP contribution in [0.4, 0.5) is 5.88 Å². The third-order valence-corrected chi connectivity index (χ3v) is 6.36. The first kappa shape index (κ1) is 23.9. The molecule has 0 aliphatic carbocycles. The molecule has 8 heteroatoms. The van der Waals surface area contributed by atoms with Crippen molar-refractivity contribution >= 4 is 46.6 Å². The Balaban J connectivity index is 1.60. The highest BCUT2D eigenvalue weighted by molar-refractivity contribution is 6.39. The molecule has 0 aliphatic heterocycles. The predicted octanol–water partition coefficient (Wildman–Crippen LogP) is 8.59. The van der Waals surface area contributed by atoms with Gasteiger partial charge in [0.25, 0.3) is 5.91 Å². The quantitative estimate of drug-likeness (QED) is 0.236. The van der Waals surface area contributed by atoms with Crippen molar-refractivity contribution in [2.24, 2.45) is 0 Å². The number of hydrogen-bond donors (Lipinski definition) is 2. The summed E-state index contributed by atoms with van der Waals surface area (Å²) in [6.45, 7) is 0. The van der Waals surface area contributed by atoms with E-state index >= 15 is 0 Å². The molecule has 0 spiro atoms. The molecule has 36 heavy (non-hydrogen) atoms. The van der Waals surface area contributed by atoms with E-state index < -0.39 is 5.91 Å². The van der Waals surface area contributed by atoms with Crippen molar-refractivity contribution in [1.82, 2.24) is 4.98 Å². The van der Waals surface area contributed by atoms with E-state index in [1.54, 1.807) is 54.6 Å². The van der Waals surface area contributed by atoms with Gasteiger partial charge in [0, 0.05) is 27.3 Å². The molecular formula is C28H17Cl3N2O3. The zero-order valence-electron chi connectivity index (χ0n) is 18.5. The molecule has 5 rings (SSSR count). The van der Waals surface area contributed by atoms with E-state index in [4.69, 9.17) is 39.2 Å². The number of halogens is 3. The molecule has 2 N–H and O–H groups in total. The molecule has 0 saturated heterocycles. The van der Waals surface area contributed by atoms with Crippen molar-refractivity contribution in [3.05, 3.63) is 112 Å². The van der Waals surface area contributed by atoms with E-state index in [0.29, 0.717) is 54.5 Å². The van der Waals surface area contributed by atoms with Gasteiger partial charge in [0.05, 0.1) is 10.0 Å². The summed E-state index contributed by atoms with van der Waals surface area (Å²) >= 11 is 18.9. The zero-order chi connectivity index (χ0) is 25.2. The number of carbonyl (C=O) groups excluding carboxylic acids is 1. The number of phenolic OH excluding ortho intramolecular Hbond substituents is 1. The fraction of sp³-hybridized carbons (Fsp3) is 0. The number of anilines is 1. The van der Waals surface area contributed by atoms with Crippen molar-refractivity contribution in [2.75, 3.05) is 5.32 Å². The first-order valence-corrected chi connectivity index (χ1v) is 12.0. The van der Waals surface area contributed by atoms with Crippen molar-refractivity contribution < 1.29 is 14.3 Å². The number of phenols is 1. The molecule has 0 radical (unpaired) electrons. The van der Waals surface area contributed by atoms with E-state index in [0.717, 1.165) is 0 Å². The smallest absolute Gasteiger partial charge is 0.258 e. The molecular weight excluding hydrogens is 519 g/mol. The van der Waals surface area contributed by atoms with Gasteiger partial charge < -0.3 is 9.52 Å². The minimum absolute atomic E-state index is 0.0442. The van der Waals surface area contributed by atoms with Gasteiger partial charge in [-0.25, -0.2) is 4.98 Å². The second-order valence-corrected chi connectivity index (χ2v) is 9.07. The largest absolute Gasteiger partial charge is 0.507 e. The Morgan fingerprint density at radius 3 is 2.22 bits per heavy atom. The van der Waals surface area contributed by atoms with Gasteiger partial charge in [-0.1, -0.05) is 77.3 Å². The molecule has 1 aromatic heterocycles. The maximum absolute atomic E-state index is 13.5. The summed E-state index contributed by atoms with van der Waals surface area (Å²) in [4.78, 5) is 18.1. The van der Waals surface area contributed by atoms with Crippen molar-refractivity contribution in [1.29, 1.82) is 0 Å². The molecule has 5 aromatic rings. The Hall–Kier alpha value is -3.77. The maximum atomic E-state index is 13.5. The molecule has 5 nitrogen and oxygen atoms in total. The number of amides is 1. The second-order valence-electron chi connectivity index (χ2n) is 7.82. The number of hydrogen-bond acceptors (Lipinski definition) is 4. The lowest BCUT2D eigenvalue weighted by atomic mass is 9.98. The minimum Gasteiger partial charge on any atom is -0.507 e. The number of nitrogens with zero attached hydrogens (tertiary/aromatic N) is 1. The minimum atomic E-state index is -0.472. The fourth-order valence-corrected chi connectivity index (χ4v) is 4.56. The number of rotatable bonds is 5.